The zero-order valence-electron chi connectivity index (χ0n) is 18.0. The fourth-order valence-corrected chi connectivity index (χ4v) is 4.54. The molecule has 2 heterocycles. The molecule has 0 aliphatic carbocycles. The Kier molecular flexibility index (Phi) is 6.90. The maximum Gasteiger partial charge on any atom is 0.146 e. The number of rotatable bonds is 6. The van der Waals surface area contributed by atoms with Gasteiger partial charge in [-0.2, -0.15) is 0 Å². The van der Waals surface area contributed by atoms with Crippen LogP contribution in [0, 0.1) is 12.7 Å². The SMILES string of the molecule is CSc1ccc(CN2CCN(c3c(F)cccc3C(O)c3ncccc3C)CC2)cc1. The number of piperazine rings is 1. The first-order chi connectivity index (χ1) is 15.1. The van der Waals surface area contributed by atoms with Crippen LogP contribution in [-0.4, -0.2) is 47.4 Å². The lowest BCUT2D eigenvalue weighted by atomic mass is 9.99. The first-order valence-electron chi connectivity index (χ1n) is 10.5. The van der Waals surface area contributed by atoms with Gasteiger partial charge in [0.2, 0.25) is 0 Å². The normalized spacial score (nSPS) is 15.8. The molecule has 2 aromatic carbocycles. The largest absolute Gasteiger partial charge is 0.382 e. The molecule has 1 atom stereocenters. The van der Waals surface area contributed by atoms with E-state index in [1.54, 1.807) is 30.1 Å². The molecule has 162 valence electrons. The summed E-state index contributed by atoms with van der Waals surface area (Å²) in [5.41, 5.74) is 3.81. The van der Waals surface area contributed by atoms with Crippen LogP contribution in [-0.2, 0) is 6.54 Å². The van der Waals surface area contributed by atoms with E-state index in [0.717, 1.165) is 25.2 Å². The molecular formula is C25H28FN3OS. The Morgan fingerprint density at radius 2 is 1.77 bits per heavy atom. The molecule has 0 spiro atoms. The molecule has 6 heteroatoms. The first kappa shape index (κ1) is 21.8. The number of hydrogen-bond donors (Lipinski definition) is 1. The van der Waals surface area contributed by atoms with E-state index in [1.165, 1.54) is 16.5 Å². The van der Waals surface area contributed by atoms with Crippen molar-refractivity contribution in [3.8, 4) is 0 Å². The van der Waals surface area contributed by atoms with Crippen LogP contribution in [0.5, 0.6) is 0 Å². The highest BCUT2D eigenvalue weighted by atomic mass is 32.2. The number of anilines is 1. The van der Waals surface area contributed by atoms with E-state index in [9.17, 15) is 9.50 Å². The van der Waals surface area contributed by atoms with Gasteiger partial charge in [-0.1, -0.05) is 30.3 Å². The minimum absolute atomic E-state index is 0.300. The predicted octanol–water partition coefficient (Wildman–Crippen LogP) is 4.65. The molecule has 0 saturated carbocycles. The van der Waals surface area contributed by atoms with Gasteiger partial charge in [-0.15, -0.1) is 11.8 Å². The Morgan fingerprint density at radius 1 is 1.03 bits per heavy atom. The Hall–Kier alpha value is -2.41. The number of aromatic nitrogens is 1. The second-order valence-electron chi connectivity index (χ2n) is 7.90. The third-order valence-corrected chi connectivity index (χ3v) is 6.62. The number of para-hydroxylation sites is 1. The van der Waals surface area contributed by atoms with Gasteiger partial charge in [-0.3, -0.25) is 9.88 Å². The highest BCUT2D eigenvalue weighted by Gasteiger charge is 2.26. The summed E-state index contributed by atoms with van der Waals surface area (Å²) in [5, 5.41) is 11.0. The van der Waals surface area contributed by atoms with Crippen LogP contribution in [0.3, 0.4) is 0 Å². The van der Waals surface area contributed by atoms with Crippen LogP contribution >= 0.6 is 11.8 Å². The average molecular weight is 438 g/mol. The zero-order valence-corrected chi connectivity index (χ0v) is 18.8. The van der Waals surface area contributed by atoms with Crippen LogP contribution < -0.4 is 4.90 Å². The molecule has 0 amide bonds. The van der Waals surface area contributed by atoms with Crippen LogP contribution in [0.2, 0.25) is 0 Å². The standard InChI is InChI=1S/C25H28FN3OS/c1-18-5-4-12-27-23(18)25(30)21-6-3-7-22(26)24(21)29-15-13-28(14-16-29)17-19-8-10-20(31-2)11-9-19/h3-12,25,30H,13-17H2,1-2H3. The maximum absolute atomic E-state index is 14.9. The molecule has 4 nitrogen and oxygen atoms in total. The lowest BCUT2D eigenvalue weighted by molar-refractivity contribution is 0.213. The third-order valence-electron chi connectivity index (χ3n) is 5.88. The number of aliphatic hydroxyl groups is 1. The molecule has 1 aliphatic rings. The fourth-order valence-electron chi connectivity index (χ4n) is 4.14. The quantitative estimate of drug-likeness (QED) is 0.568. The zero-order chi connectivity index (χ0) is 21.8. The smallest absolute Gasteiger partial charge is 0.146 e. The van der Waals surface area contributed by atoms with Crippen molar-refractivity contribution in [1.82, 2.24) is 9.88 Å². The molecule has 1 saturated heterocycles. The molecule has 1 fully saturated rings. The van der Waals surface area contributed by atoms with Gasteiger partial charge in [0.1, 0.15) is 11.9 Å². The van der Waals surface area contributed by atoms with Crippen molar-refractivity contribution in [2.45, 2.75) is 24.5 Å². The van der Waals surface area contributed by atoms with Crippen LogP contribution in [0.15, 0.2) is 65.7 Å². The molecule has 1 unspecified atom stereocenters. The van der Waals surface area contributed by atoms with Gasteiger partial charge in [0.05, 0.1) is 11.4 Å². The molecule has 31 heavy (non-hydrogen) atoms. The van der Waals surface area contributed by atoms with E-state index in [1.807, 2.05) is 19.1 Å². The first-order valence-corrected chi connectivity index (χ1v) is 11.8. The molecule has 0 radical (unpaired) electrons. The molecule has 1 aromatic heterocycles. The summed E-state index contributed by atoms with van der Waals surface area (Å²) >= 11 is 1.74. The number of nitrogens with zero attached hydrogens (tertiary/aromatic N) is 3. The van der Waals surface area contributed by atoms with E-state index in [2.05, 4.69) is 45.3 Å². The Morgan fingerprint density at radius 3 is 2.45 bits per heavy atom. The van der Waals surface area contributed by atoms with E-state index in [0.29, 0.717) is 30.0 Å². The molecule has 1 N–H and O–H groups in total. The Bertz CT molecular complexity index is 1020. The van der Waals surface area contributed by atoms with Crippen molar-refractivity contribution >= 4 is 17.4 Å². The monoisotopic (exact) mass is 437 g/mol. The fraction of sp³-hybridized carbons (Fsp3) is 0.320. The van der Waals surface area contributed by atoms with E-state index in [4.69, 9.17) is 0 Å². The van der Waals surface area contributed by atoms with Crippen LogP contribution in [0.4, 0.5) is 10.1 Å². The van der Waals surface area contributed by atoms with Crippen molar-refractivity contribution in [1.29, 1.82) is 0 Å². The van der Waals surface area contributed by atoms with Gasteiger partial charge in [0.15, 0.2) is 0 Å². The van der Waals surface area contributed by atoms with Gasteiger partial charge < -0.3 is 10.0 Å². The summed E-state index contributed by atoms with van der Waals surface area (Å²) in [6.07, 6.45) is 2.78. The van der Waals surface area contributed by atoms with Crippen LogP contribution in [0.25, 0.3) is 0 Å². The van der Waals surface area contributed by atoms with Gasteiger partial charge in [0, 0.05) is 49.4 Å². The molecular weight excluding hydrogens is 409 g/mol. The summed E-state index contributed by atoms with van der Waals surface area (Å²) < 4.78 is 14.9. The second kappa shape index (κ2) is 9.81. The second-order valence-corrected chi connectivity index (χ2v) is 8.78. The van der Waals surface area contributed by atoms with Crippen molar-refractivity contribution in [2.24, 2.45) is 0 Å². The molecule has 0 bridgehead atoms. The highest BCUT2D eigenvalue weighted by Crippen LogP contribution is 2.34. The summed E-state index contributed by atoms with van der Waals surface area (Å²) in [6, 6.07) is 17.3. The van der Waals surface area contributed by atoms with Crippen molar-refractivity contribution < 1.29 is 9.50 Å². The lowest BCUT2D eigenvalue weighted by Crippen LogP contribution is -2.46. The van der Waals surface area contributed by atoms with E-state index >= 15 is 0 Å². The van der Waals surface area contributed by atoms with Gasteiger partial charge in [0.25, 0.3) is 0 Å². The summed E-state index contributed by atoms with van der Waals surface area (Å²) in [4.78, 5) is 10.1. The lowest BCUT2D eigenvalue weighted by Gasteiger charge is -2.37. The summed E-state index contributed by atoms with van der Waals surface area (Å²) in [6.45, 7) is 5.92. The molecule has 4 rings (SSSR count). The van der Waals surface area contributed by atoms with Crippen molar-refractivity contribution in [3.05, 3.63) is 89.0 Å². The Labute approximate surface area is 187 Å². The number of benzene rings is 2. The number of thioether (sulfide) groups is 1. The van der Waals surface area contributed by atoms with E-state index in [-0.39, 0.29) is 5.82 Å². The van der Waals surface area contributed by atoms with Crippen molar-refractivity contribution in [3.63, 3.8) is 0 Å². The summed E-state index contributed by atoms with van der Waals surface area (Å²) in [7, 11) is 0. The number of pyridine rings is 1. The van der Waals surface area contributed by atoms with Crippen molar-refractivity contribution in [2.75, 3.05) is 37.3 Å². The van der Waals surface area contributed by atoms with Gasteiger partial charge in [-0.05, 0) is 48.6 Å². The minimum Gasteiger partial charge on any atom is -0.382 e. The average Bonchev–Trinajstić information content (AvgIpc) is 2.80. The van der Waals surface area contributed by atoms with Gasteiger partial charge >= 0.3 is 0 Å². The maximum atomic E-state index is 14.9. The molecule has 3 aromatic rings. The topological polar surface area (TPSA) is 39.6 Å². The van der Waals surface area contributed by atoms with Gasteiger partial charge in [-0.25, -0.2) is 4.39 Å². The minimum atomic E-state index is -0.958. The number of aliphatic hydroxyl groups excluding tert-OH is 1. The highest BCUT2D eigenvalue weighted by molar-refractivity contribution is 7.98. The number of hydrogen-bond acceptors (Lipinski definition) is 5. The number of aryl methyl sites for hydroxylation is 1. The predicted molar refractivity (Wildman–Crippen MR) is 125 cm³/mol. The van der Waals surface area contributed by atoms with E-state index < -0.39 is 6.10 Å². The number of halogens is 1. The van der Waals surface area contributed by atoms with Crippen LogP contribution in [0.1, 0.15) is 28.5 Å². The Balaban J connectivity index is 1.49. The summed E-state index contributed by atoms with van der Waals surface area (Å²) in [5.74, 6) is -0.300. The third kappa shape index (κ3) is 4.92. The molecule has 1 aliphatic heterocycles.